The molecule has 1 aliphatic heterocycles. The molecule has 1 aromatic carbocycles. The molecular weight excluding hydrogens is 255 g/mol. The lowest BCUT2D eigenvalue weighted by atomic mass is 10.1. The second kappa shape index (κ2) is 5.90. The van der Waals surface area contributed by atoms with Crippen LogP contribution in [0.3, 0.4) is 0 Å². The minimum absolute atomic E-state index is 0.184. The van der Waals surface area contributed by atoms with Gasteiger partial charge >= 0.3 is 6.18 Å². The first kappa shape index (κ1) is 14.3. The monoisotopic (exact) mass is 273 g/mol. The number of alkyl halides is 3. The number of rotatable bonds is 3. The number of piperazine rings is 1. The van der Waals surface area contributed by atoms with Gasteiger partial charge in [0.15, 0.2) is 0 Å². The Balaban J connectivity index is 2.10. The van der Waals surface area contributed by atoms with E-state index >= 15 is 0 Å². The maximum Gasteiger partial charge on any atom is 0.416 e. The van der Waals surface area contributed by atoms with Crippen molar-refractivity contribution in [3.8, 4) is 0 Å². The number of nitrogens with two attached hydrogens (primary N) is 1. The zero-order chi connectivity index (χ0) is 13.9. The van der Waals surface area contributed by atoms with Crippen LogP contribution >= 0.6 is 0 Å². The Kier molecular flexibility index (Phi) is 4.44. The first-order chi connectivity index (χ1) is 9.00. The summed E-state index contributed by atoms with van der Waals surface area (Å²) in [4.78, 5) is 2.13. The summed E-state index contributed by atoms with van der Waals surface area (Å²) in [6.45, 7) is 3.45. The average Bonchev–Trinajstić information content (AvgIpc) is 2.39. The van der Waals surface area contributed by atoms with Crippen molar-refractivity contribution in [1.29, 1.82) is 0 Å². The van der Waals surface area contributed by atoms with Crippen LogP contribution in [0, 0.1) is 0 Å². The molecule has 1 aromatic rings. The third kappa shape index (κ3) is 3.68. The highest BCUT2D eigenvalue weighted by Gasteiger charge is 2.30. The van der Waals surface area contributed by atoms with Crippen molar-refractivity contribution in [1.82, 2.24) is 10.2 Å². The molecule has 3 nitrogen and oxygen atoms in total. The largest absolute Gasteiger partial charge is 0.416 e. The molecule has 106 valence electrons. The van der Waals surface area contributed by atoms with Gasteiger partial charge in [0.1, 0.15) is 0 Å². The molecule has 0 aromatic heterocycles. The van der Waals surface area contributed by atoms with Crippen LogP contribution in [0.25, 0.3) is 0 Å². The van der Waals surface area contributed by atoms with Crippen LogP contribution in [0.1, 0.15) is 11.1 Å². The zero-order valence-corrected chi connectivity index (χ0v) is 10.6. The fraction of sp³-hybridized carbons (Fsp3) is 0.538. The van der Waals surface area contributed by atoms with Gasteiger partial charge in [-0.05, 0) is 11.6 Å². The number of nitrogens with zero attached hydrogens (tertiary/aromatic N) is 1. The third-order valence-electron chi connectivity index (χ3n) is 3.38. The highest BCUT2D eigenvalue weighted by molar-refractivity contribution is 5.25. The molecule has 0 amide bonds. The Hall–Kier alpha value is -1.11. The smallest absolute Gasteiger partial charge is 0.329 e. The van der Waals surface area contributed by atoms with E-state index in [1.54, 1.807) is 6.07 Å². The molecule has 1 atom stereocenters. The average molecular weight is 273 g/mol. The molecule has 1 fully saturated rings. The summed E-state index contributed by atoms with van der Waals surface area (Å²) in [6.07, 6.45) is -4.28. The third-order valence-corrected chi connectivity index (χ3v) is 3.38. The number of nitrogens with one attached hydrogen (secondary N) is 1. The van der Waals surface area contributed by atoms with Crippen molar-refractivity contribution in [2.75, 3.05) is 26.2 Å². The van der Waals surface area contributed by atoms with E-state index in [1.807, 2.05) is 0 Å². The van der Waals surface area contributed by atoms with Gasteiger partial charge in [-0.2, -0.15) is 13.2 Å². The molecule has 3 N–H and O–H groups in total. The molecule has 0 bridgehead atoms. The van der Waals surface area contributed by atoms with Gasteiger partial charge in [-0.3, -0.25) is 4.90 Å². The van der Waals surface area contributed by atoms with Gasteiger partial charge in [0, 0.05) is 38.8 Å². The maximum atomic E-state index is 12.6. The molecule has 1 heterocycles. The lowest BCUT2D eigenvalue weighted by Gasteiger charge is -2.35. The van der Waals surface area contributed by atoms with Crippen molar-refractivity contribution in [2.24, 2.45) is 5.73 Å². The summed E-state index contributed by atoms with van der Waals surface area (Å²) in [6, 6.07) is 5.68. The molecule has 1 saturated heterocycles. The number of halogens is 3. The second-order valence-corrected chi connectivity index (χ2v) is 4.76. The van der Waals surface area contributed by atoms with Crippen LogP contribution in [0.4, 0.5) is 13.2 Å². The van der Waals surface area contributed by atoms with E-state index in [4.69, 9.17) is 5.73 Å². The summed E-state index contributed by atoms with van der Waals surface area (Å²) in [5, 5.41) is 3.24. The van der Waals surface area contributed by atoms with Crippen molar-refractivity contribution < 1.29 is 13.2 Å². The van der Waals surface area contributed by atoms with Crippen LogP contribution < -0.4 is 11.1 Å². The van der Waals surface area contributed by atoms with E-state index in [2.05, 4.69) is 10.2 Å². The number of hydrogen-bond donors (Lipinski definition) is 2. The van der Waals surface area contributed by atoms with Gasteiger partial charge in [0.2, 0.25) is 0 Å². The van der Waals surface area contributed by atoms with Crippen molar-refractivity contribution in [2.45, 2.75) is 18.8 Å². The second-order valence-electron chi connectivity index (χ2n) is 4.76. The van der Waals surface area contributed by atoms with E-state index in [1.165, 1.54) is 12.1 Å². The molecule has 6 heteroatoms. The summed E-state index contributed by atoms with van der Waals surface area (Å²) < 4.78 is 37.9. The first-order valence-corrected chi connectivity index (χ1v) is 6.31. The summed E-state index contributed by atoms with van der Waals surface area (Å²) >= 11 is 0. The van der Waals surface area contributed by atoms with E-state index in [9.17, 15) is 13.2 Å². The van der Waals surface area contributed by atoms with E-state index in [0.29, 0.717) is 18.7 Å². The fourth-order valence-corrected chi connectivity index (χ4v) is 2.32. The van der Waals surface area contributed by atoms with Gasteiger partial charge in [0.05, 0.1) is 5.56 Å². The van der Waals surface area contributed by atoms with Crippen LogP contribution in [0.15, 0.2) is 24.3 Å². The molecule has 1 unspecified atom stereocenters. The SMILES string of the molecule is NCC1CNCCN1Cc1cccc(C(F)(F)F)c1. The van der Waals surface area contributed by atoms with E-state index < -0.39 is 11.7 Å². The summed E-state index contributed by atoms with van der Waals surface area (Å²) in [7, 11) is 0. The van der Waals surface area contributed by atoms with Crippen LogP contribution in [0.2, 0.25) is 0 Å². The van der Waals surface area contributed by atoms with E-state index in [0.717, 1.165) is 25.7 Å². The molecule has 0 spiro atoms. The summed E-state index contributed by atoms with van der Waals surface area (Å²) in [5.41, 5.74) is 5.77. The Morgan fingerprint density at radius 3 is 2.84 bits per heavy atom. The Morgan fingerprint density at radius 2 is 2.16 bits per heavy atom. The van der Waals surface area contributed by atoms with Crippen LogP contribution in [-0.4, -0.2) is 37.1 Å². The van der Waals surface area contributed by atoms with E-state index in [-0.39, 0.29) is 6.04 Å². The quantitative estimate of drug-likeness (QED) is 0.875. The highest BCUT2D eigenvalue weighted by Crippen LogP contribution is 2.29. The topological polar surface area (TPSA) is 41.3 Å². The standard InChI is InChI=1S/C13H18F3N3/c14-13(15,16)11-3-1-2-10(6-11)9-19-5-4-18-8-12(19)7-17/h1-3,6,12,18H,4-5,7-9,17H2. The van der Waals surface area contributed by atoms with Gasteiger partial charge in [-0.15, -0.1) is 0 Å². The first-order valence-electron chi connectivity index (χ1n) is 6.31. The van der Waals surface area contributed by atoms with Crippen LogP contribution in [0.5, 0.6) is 0 Å². The zero-order valence-electron chi connectivity index (χ0n) is 10.6. The predicted molar refractivity (Wildman–Crippen MR) is 67.6 cm³/mol. The lowest BCUT2D eigenvalue weighted by molar-refractivity contribution is -0.137. The van der Waals surface area contributed by atoms with Gasteiger partial charge in [0.25, 0.3) is 0 Å². The van der Waals surface area contributed by atoms with Gasteiger partial charge in [-0.1, -0.05) is 18.2 Å². The highest BCUT2D eigenvalue weighted by atomic mass is 19.4. The molecule has 19 heavy (non-hydrogen) atoms. The normalized spacial score (nSPS) is 21.6. The minimum Gasteiger partial charge on any atom is -0.329 e. The Morgan fingerprint density at radius 1 is 1.37 bits per heavy atom. The van der Waals surface area contributed by atoms with Gasteiger partial charge < -0.3 is 11.1 Å². The molecule has 0 saturated carbocycles. The van der Waals surface area contributed by atoms with Crippen molar-refractivity contribution in [3.05, 3.63) is 35.4 Å². The maximum absolute atomic E-state index is 12.6. The lowest BCUT2D eigenvalue weighted by Crippen LogP contribution is -2.53. The minimum atomic E-state index is -4.28. The molecular formula is C13H18F3N3. The Bertz CT molecular complexity index is 420. The van der Waals surface area contributed by atoms with Crippen molar-refractivity contribution >= 4 is 0 Å². The molecule has 1 aliphatic rings. The number of hydrogen-bond acceptors (Lipinski definition) is 3. The van der Waals surface area contributed by atoms with Crippen LogP contribution in [-0.2, 0) is 12.7 Å². The Labute approximate surface area is 110 Å². The number of benzene rings is 1. The fourth-order valence-electron chi connectivity index (χ4n) is 2.32. The predicted octanol–water partition coefficient (Wildman–Crippen LogP) is 1.44. The molecule has 2 rings (SSSR count). The van der Waals surface area contributed by atoms with Crippen molar-refractivity contribution in [3.63, 3.8) is 0 Å². The van der Waals surface area contributed by atoms with Gasteiger partial charge in [-0.25, -0.2) is 0 Å². The molecule has 0 radical (unpaired) electrons. The summed E-state index contributed by atoms with van der Waals surface area (Å²) in [5.74, 6) is 0. The molecule has 0 aliphatic carbocycles.